The van der Waals surface area contributed by atoms with E-state index in [4.69, 9.17) is 9.84 Å². The minimum Gasteiger partial charge on any atom is -0.396 e. The van der Waals surface area contributed by atoms with Crippen LogP contribution in [0.15, 0.2) is 0 Å². The Kier molecular flexibility index (Phi) is 6.18. The van der Waals surface area contributed by atoms with E-state index < -0.39 is 0 Å². The molecule has 0 aromatic heterocycles. The number of ether oxygens (including phenoxy) is 1. The van der Waals surface area contributed by atoms with E-state index in [0.29, 0.717) is 19.7 Å². The van der Waals surface area contributed by atoms with E-state index in [1.807, 2.05) is 0 Å². The molecule has 1 heterocycles. The Morgan fingerprint density at radius 2 is 2.44 bits per heavy atom. The highest BCUT2D eigenvalue weighted by Gasteiger charge is 2.22. The smallest absolute Gasteiger partial charge is 0.317 e. The number of methoxy groups -OCH3 is 1. The number of hydrogen-bond acceptors (Lipinski definition) is 3. The lowest BCUT2D eigenvalue weighted by Gasteiger charge is -2.31. The molecule has 5 heteroatoms. The average Bonchev–Trinajstić information content (AvgIpc) is 2.34. The second-order valence-corrected chi connectivity index (χ2v) is 4.22. The van der Waals surface area contributed by atoms with Gasteiger partial charge in [0.2, 0.25) is 0 Å². The van der Waals surface area contributed by atoms with Crippen LogP contribution in [0.3, 0.4) is 0 Å². The summed E-state index contributed by atoms with van der Waals surface area (Å²) < 4.78 is 4.91. The fraction of sp³-hybridized carbons (Fsp3) is 0.909. The third-order valence-electron chi connectivity index (χ3n) is 2.87. The molecule has 1 aliphatic heterocycles. The molecular weight excluding hydrogens is 208 g/mol. The molecule has 5 nitrogen and oxygen atoms in total. The van der Waals surface area contributed by atoms with E-state index >= 15 is 0 Å². The first-order chi connectivity index (χ1) is 7.77. The van der Waals surface area contributed by atoms with Crippen molar-refractivity contribution in [2.24, 2.45) is 5.92 Å². The fourth-order valence-electron chi connectivity index (χ4n) is 1.92. The minimum atomic E-state index is -0.0192. The van der Waals surface area contributed by atoms with Gasteiger partial charge in [-0.15, -0.1) is 0 Å². The van der Waals surface area contributed by atoms with E-state index in [2.05, 4.69) is 5.32 Å². The molecule has 0 aliphatic carbocycles. The van der Waals surface area contributed by atoms with Crippen LogP contribution < -0.4 is 5.32 Å². The van der Waals surface area contributed by atoms with Gasteiger partial charge < -0.3 is 20.1 Å². The van der Waals surface area contributed by atoms with Crippen LogP contribution >= 0.6 is 0 Å². The summed E-state index contributed by atoms with van der Waals surface area (Å²) in [6.07, 6.45) is 2.83. The Bertz CT molecular complexity index is 211. The summed E-state index contributed by atoms with van der Waals surface area (Å²) in [5.41, 5.74) is 0. The van der Waals surface area contributed by atoms with Crippen LogP contribution in [0.2, 0.25) is 0 Å². The Hall–Kier alpha value is -0.810. The highest BCUT2D eigenvalue weighted by Crippen LogP contribution is 2.15. The lowest BCUT2D eigenvalue weighted by atomic mass is 9.99. The van der Waals surface area contributed by atoms with Crippen molar-refractivity contribution >= 4 is 6.03 Å². The Balaban J connectivity index is 2.19. The van der Waals surface area contributed by atoms with Crippen molar-refractivity contribution in [3.05, 3.63) is 0 Å². The highest BCUT2D eigenvalue weighted by atomic mass is 16.5. The van der Waals surface area contributed by atoms with Crippen LogP contribution in [-0.4, -0.2) is 56.0 Å². The maximum Gasteiger partial charge on any atom is 0.317 e. The maximum absolute atomic E-state index is 11.7. The van der Waals surface area contributed by atoms with Gasteiger partial charge in [-0.2, -0.15) is 0 Å². The second-order valence-electron chi connectivity index (χ2n) is 4.22. The number of nitrogens with one attached hydrogen (secondary N) is 1. The number of urea groups is 1. The molecule has 1 rings (SSSR count). The molecule has 2 amide bonds. The number of aliphatic hydroxyl groups is 1. The van der Waals surface area contributed by atoms with Gasteiger partial charge in [-0.1, -0.05) is 0 Å². The van der Waals surface area contributed by atoms with Crippen molar-refractivity contribution in [2.75, 3.05) is 40.0 Å². The van der Waals surface area contributed by atoms with E-state index in [0.717, 1.165) is 25.8 Å². The second kappa shape index (κ2) is 7.46. The number of hydrogen-bond donors (Lipinski definition) is 2. The fourth-order valence-corrected chi connectivity index (χ4v) is 1.92. The van der Waals surface area contributed by atoms with E-state index in [1.54, 1.807) is 12.0 Å². The Morgan fingerprint density at radius 1 is 1.62 bits per heavy atom. The van der Waals surface area contributed by atoms with E-state index in [1.165, 1.54) is 0 Å². The van der Waals surface area contributed by atoms with Crippen molar-refractivity contribution in [3.8, 4) is 0 Å². The van der Waals surface area contributed by atoms with E-state index in [-0.39, 0.29) is 18.6 Å². The van der Waals surface area contributed by atoms with Crippen molar-refractivity contribution in [2.45, 2.75) is 19.3 Å². The zero-order valence-electron chi connectivity index (χ0n) is 9.95. The van der Waals surface area contributed by atoms with Crippen LogP contribution in [0, 0.1) is 5.92 Å². The summed E-state index contributed by atoms with van der Waals surface area (Å²) in [5, 5.41) is 11.9. The molecule has 0 aromatic carbocycles. The summed E-state index contributed by atoms with van der Waals surface area (Å²) in [6, 6.07) is -0.0192. The van der Waals surface area contributed by atoms with Gasteiger partial charge in [0.25, 0.3) is 0 Å². The zero-order chi connectivity index (χ0) is 11.8. The summed E-state index contributed by atoms with van der Waals surface area (Å²) in [5.74, 6) is 0.249. The molecule has 0 bridgehead atoms. The summed E-state index contributed by atoms with van der Waals surface area (Å²) >= 11 is 0. The molecule has 0 radical (unpaired) electrons. The molecule has 1 unspecified atom stereocenters. The molecule has 94 valence electrons. The largest absolute Gasteiger partial charge is 0.396 e. The predicted molar refractivity (Wildman–Crippen MR) is 61.3 cm³/mol. The highest BCUT2D eigenvalue weighted by molar-refractivity contribution is 5.74. The third kappa shape index (κ3) is 4.37. The third-order valence-corrected chi connectivity index (χ3v) is 2.87. The number of aliphatic hydroxyl groups excluding tert-OH is 1. The Labute approximate surface area is 96.8 Å². The van der Waals surface area contributed by atoms with Gasteiger partial charge >= 0.3 is 6.03 Å². The van der Waals surface area contributed by atoms with E-state index in [9.17, 15) is 4.79 Å². The van der Waals surface area contributed by atoms with Crippen LogP contribution in [0.25, 0.3) is 0 Å². The molecule has 1 aliphatic rings. The predicted octanol–water partition coefficient (Wildman–Crippen LogP) is 0.437. The van der Waals surface area contributed by atoms with Gasteiger partial charge in [0.05, 0.1) is 0 Å². The zero-order valence-corrected chi connectivity index (χ0v) is 9.95. The first kappa shape index (κ1) is 13.3. The number of amides is 2. The van der Waals surface area contributed by atoms with Gasteiger partial charge in [0.1, 0.15) is 0 Å². The van der Waals surface area contributed by atoms with Crippen LogP contribution in [0.1, 0.15) is 19.3 Å². The van der Waals surface area contributed by atoms with Crippen molar-refractivity contribution < 1.29 is 14.6 Å². The average molecular weight is 230 g/mol. The summed E-state index contributed by atoms with van der Waals surface area (Å²) in [6.45, 7) is 2.96. The van der Waals surface area contributed by atoms with Crippen molar-refractivity contribution in [3.63, 3.8) is 0 Å². The summed E-state index contributed by atoms with van der Waals surface area (Å²) in [4.78, 5) is 13.5. The van der Waals surface area contributed by atoms with Gasteiger partial charge in [0, 0.05) is 40.0 Å². The first-order valence-electron chi connectivity index (χ1n) is 5.90. The monoisotopic (exact) mass is 230 g/mol. The van der Waals surface area contributed by atoms with Crippen LogP contribution in [0.4, 0.5) is 4.79 Å². The van der Waals surface area contributed by atoms with Gasteiger partial charge in [-0.05, 0) is 25.2 Å². The van der Waals surface area contributed by atoms with Gasteiger partial charge in [0.15, 0.2) is 0 Å². The van der Waals surface area contributed by atoms with Crippen LogP contribution in [0.5, 0.6) is 0 Å². The number of carbonyl (C=O) groups excluding carboxylic acids is 1. The van der Waals surface area contributed by atoms with Crippen LogP contribution in [-0.2, 0) is 4.74 Å². The number of piperidine rings is 1. The van der Waals surface area contributed by atoms with Gasteiger partial charge in [-0.25, -0.2) is 4.79 Å². The summed E-state index contributed by atoms with van der Waals surface area (Å²) in [7, 11) is 1.65. The molecule has 16 heavy (non-hydrogen) atoms. The number of nitrogens with zero attached hydrogens (tertiary/aromatic N) is 1. The quantitative estimate of drug-likeness (QED) is 0.674. The molecule has 2 N–H and O–H groups in total. The number of carbonyl (C=O) groups is 1. The molecule has 1 atom stereocenters. The molecule has 1 saturated heterocycles. The normalized spacial score (nSPS) is 20.9. The van der Waals surface area contributed by atoms with Crippen molar-refractivity contribution in [1.82, 2.24) is 10.2 Å². The van der Waals surface area contributed by atoms with Gasteiger partial charge in [-0.3, -0.25) is 0 Å². The maximum atomic E-state index is 11.7. The standard InChI is InChI=1S/C11H22N2O3/c1-16-7-3-5-12-11(15)13-6-2-4-10(8-13)9-14/h10,14H,2-9H2,1H3,(H,12,15). The molecule has 1 fully saturated rings. The topological polar surface area (TPSA) is 61.8 Å². The lowest BCUT2D eigenvalue weighted by molar-refractivity contribution is 0.129. The van der Waals surface area contributed by atoms with Crippen molar-refractivity contribution in [1.29, 1.82) is 0 Å². The molecule has 0 saturated carbocycles. The first-order valence-corrected chi connectivity index (χ1v) is 5.90. The minimum absolute atomic E-state index is 0.0192. The SMILES string of the molecule is COCCCNC(=O)N1CCCC(CO)C1. The lowest BCUT2D eigenvalue weighted by Crippen LogP contribution is -2.46. The molecular formula is C11H22N2O3. The molecule has 0 aromatic rings. The molecule has 0 spiro atoms. The Morgan fingerprint density at radius 3 is 3.12 bits per heavy atom. The number of rotatable bonds is 5. The number of likely N-dealkylation sites (tertiary alicyclic amines) is 1.